The highest BCUT2D eigenvalue weighted by atomic mass is 16.6. The molecule has 33 heavy (non-hydrogen) atoms. The van der Waals surface area contributed by atoms with Crippen LogP contribution in [-0.4, -0.2) is 61.1 Å². The normalized spacial score (nSPS) is 19.0. The third-order valence-corrected chi connectivity index (χ3v) is 5.35. The van der Waals surface area contributed by atoms with E-state index >= 15 is 0 Å². The molecule has 0 saturated carbocycles. The molecule has 2 aromatic rings. The predicted molar refractivity (Wildman–Crippen MR) is 116 cm³/mol. The average molecular weight is 453 g/mol. The lowest BCUT2D eigenvalue weighted by molar-refractivity contribution is -0.140. The van der Waals surface area contributed by atoms with Crippen LogP contribution in [0.25, 0.3) is 5.76 Å². The van der Waals surface area contributed by atoms with Gasteiger partial charge in [-0.25, -0.2) is 0 Å². The van der Waals surface area contributed by atoms with Gasteiger partial charge in [0.25, 0.3) is 11.7 Å². The van der Waals surface area contributed by atoms with Crippen molar-refractivity contribution in [2.24, 2.45) is 0 Å². The summed E-state index contributed by atoms with van der Waals surface area (Å²) in [7, 11) is 1.49. The number of esters is 1. The maximum atomic E-state index is 13.0. The van der Waals surface area contributed by atoms with E-state index in [0.29, 0.717) is 41.6 Å². The van der Waals surface area contributed by atoms with E-state index in [-0.39, 0.29) is 24.5 Å². The Balaban J connectivity index is 1.79. The molecule has 0 radical (unpaired) electrons. The molecule has 9 nitrogen and oxygen atoms in total. The van der Waals surface area contributed by atoms with E-state index in [4.69, 9.17) is 18.9 Å². The van der Waals surface area contributed by atoms with Crippen LogP contribution in [0.4, 0.5) is 0 Å². The number of amides is 1. The quantitative estimate of drug-likeness (QED) is 0.233. The maximum Gasteiger partial charge on any atom is 0.308 e. The highest BCUT2D eigenvalue weighted by molar-refractivity contribution is 6.46. The van der Waals surface area contributed by atoms with Crippen LogP contribution in [0, 0.1) is 0 Å². The summed E-state index contributed by atoms with van der Waals surface area (Å²) in [5.41, 5.74) is 0.846. The molecule has 2 aromatic carbocycles. The van der Waals surface area contributed by atoms with Gasteiger partial charge >= 0.3 is 5.97 Å². The van der Waals surface area contributed by atoms with Crippen molar-refractivity contribution >= 4 is 23.4 Å². The van der Waals surface area contributed by atoms with Gasteiger partial charge in [0.05, 0.1) is 18.2 Å². The Morgan fingerprint density at radius 2 is 1.79 bits per heavy atom. The number of benzene rings is 2. The van der Waals surface area contributed by atoms with Crippen LogP contribution in [0.1, 0.15) is 24.1 Å². The highest BCUT2D eigenvalue weighted by Gasteiger charge is 2.46. The lowest BCUT2D eigenvalue weighted by Gasteiger charge is -2.25. The number of methoxy groups -OCH3 is 1. The van der Waals surface area contributed by atoms with E-state index in [1.807, 2.05) is 0 Å². The number of ether oxygens (including phenoxy) is 4. The zero-order valence-corrected chi connectivity index (χ0v) is 18.2. The molecule has 9 heteroatoms. The van der Waals surface area contributed by atoms with Gasteiger partial charge in [-0.2, -0.15) is 0 Å². The summed E-state index contributed by atoms with van der Waals surface area (Å²) in [5, 5.41) is 11.1. The van der Waals surface area contributed by atoms with Crippen LogP contribution < -0.4 is 14.2 Å². The highest BCUT2D eigenvalue weighted by Crippen LogP contribution is 2.41. The Hall–Kier alpha value is -3.85. The Morgan fingerprint density at radius 1 is 1.09 bits per heavy atom. The molecule has 1 N–H and O–H groups in total. The van der Waals surface area contributed by atoms with Gasteiger partial charge in [-0.05, 0) is 35.9 Å². The molecule has 2 aliphatic heterocycles. The van der Waals surface area contributed by atoms with Crippen LogP contribution >= 0.6 is 0 Å². The Morgan fingerprint density at radius 3 is 2.45 bits per heavy atom. The molecule has 1 unspecified atom stereocenters. The first kappa shape index (κ1) is 22.3. The largest absolute Gasteiger partial charge is 0.507 e. The number of rotatable bonds is 6. The number of hydrogen-bond donors (Lipinski definition) is 1. The number of ketones is 1. The molecule has 0 aromatic heterocycles. The van der Waals surface area contributed by atoms with Crippen molar-refractivity contribution in [3.8, 4) is 17.2 Å². The van der Waals surface area contributed by atoms with E-state index in [1.54, 1.807) is 42.5 Å². The van der Waals surface area contributed by atoms with Crippen molar-refractivity contribution in [3.63, 3.8) is 0 Å². The number of carbonyl (C=O) groups excluding carboxylic acids is 3. The lowest BCUT2D eigenvalue weighted by atomic mass is 9.95. The van der Waals surface area contributed by atoms with Gasteiger partial charge in [-0.15, -0.1) is 0 Å². The SMILES string of the molecule is COCCN1C(=O)C(=O)/C(=C(\O)c2ccc3c(c2)OCCO3)C1c1ccc(OC(C)=O)cc1. The summed E-state index contributed by atoms with van der Waals surface area (Å²) in [5.74, 6) is -1.01. The van der Waals surface area contributed by atoms with Gasteiger partial charge in [-0.3, -0.25) is 14.4 Å². The lowest BCUT2D eigenvalue weighted by Crippen LogP contribution is -2.32. The summed E-state index contributed by atoms with van der Waals surface area (Å²) in [6.07, 6.45) is 0. The standard InChI is InChI=1S/C24H23NO8/c1-14(26)33-17-6-3-15(4-7-17)21-20(23(28)24(29)25(21)9-10-30-2)22(27)16-5-8-18-19(13-16)32-12-11-31-18/h3-8,13,21,27H,9-12H2,1-2H3/b22-20-. The fourth-order valence-corrected chi connectivity index (χ4v) is 3.88. The average Bonchev–Trinajstić information content (AvgIpc) is 3.07. The van der Waals surface area contributed by atoms with Gasteiger partial charge < -0.3 is 29.0 Å². The number of nitrogens with zero attached hydrogens (tertiary/aromatic N) is 1. The first-order valence-electron chi connectivity index (χ1n) is 10.4. The first-order valence-corrected chi connectivity index (χ1v) is 10.4. The molecule has 172 valence electrons. The predicted octanol–water partition coefficient (Wildman–Crippen LogP) is 2.45. The molecule has 2 aliphatic rings. The zero-order valence-electron chi connectivity index (χ0n) is 18.2. The first-order chi connectivity index (χ1) is 15.9. The molecule has 1 atom stereocenters. The van der Waals surface area contributed by atoms with Gasteiger partial charge in [0.1, 0.15) is 24.7 Å². The van der Waals surface area contributed by atoms with Gasteiger partial charge in [-0.1, -0.05) is 12.1 Å². The van der Waals surface area contributed by atoms with Crippen molar-refractivity contribution in [2.75, 3.05) is 33.5 Å². The number of hydrogen-bond acceptors (Lipinski definition) is 8. The van der Waals surface area contributed by atoms with Crippen molar-refractivity contribution < 1.29 is 38.4 Å². The van der Waals surface area contributed by atoms with E-state index in [0.717, 1.165) is 0 Å². The summed E-state index contributed by atoms with van der Waals surface area (Å²) < 4.78 is 21.3. The minimum Gasteiger partial charge on any atom is -0.507 e. The second-order valence-electron chi connectivity index (χ2n) is 7.51. The van der Waals surface area contributed by atoms with Gasteiger partial charge in [0.15, 0.2) is 11.5 Å². The molecule has 0 aliphatic carbocycles. The van der Waals surface area contributed by atoms with Gasteiger partial charge in [0, 0.05) is 26.1 Å². The minimum absolute atomic E-state index is 0.0481. The van der Waals surface area contributed by atoms with E-state index in [1.165, 1.54) is 18.9 Å². The molecule has 1 fully saturated rings. The van der Waals surface area contributed by atoms with Crippen LogP contribution in [0.5, 0.6) is 17.2 Å². The Bertz CT molecular complexity index is 1120. The summed E-state index contributed by atoms with van der Waals surface area (Å²) in [6.45, 7) is 2.44. The summed E-state index contributed by atoms with van der Waals surface area (Å²) >= 11 is 0. The van der Waals surface area contributed by atoms with E-state index in [2.05, 4.69) is 0 Å². The van der Waals surface area contributed by atoms with Gasteiger partial charge in [0.2, 0.25) is 0 Å². The molecule has 1 saturated heterocycles. The summed E-state index contributed by atoms with van der Waals surface area (Å²) in [6, 6.07) is 10.4. The van der Waals surface area contributed by atoms with Crippen LogP contribution in [0.3, 0.4) is 0 Å². The fraction of sp³-hybridized carbons (Fsp3) is 0.292. The monoisotopic (exact) mass is 453 g/mol. The number of aliphatic hydroxyl groups excluding tert-OH is 1. The second-order valence-corrected chi connectivity index (χ2v) is 7.51. The van der Waals surface area contributed by atoms with E-state index < -0.39 is 23.7 Å². The van der Waals surface area contributed by atoms with E-state index in [9.17, 15) is 19.5 Å². The smallest absolute Gasteiger partial charge is 0.308 e. The fourth-order valence-electron chi connectivity index (χ4n) is 3.88. The topological polar surface area (TPSA) is 112 Å². The zero-order chi connectivity index (χ0) is 23.5. The number of Topliss-reactive ketones (excluding diaryl/α,β-unsaturated/α-hetero) is 1. The third-order valence-electron chi connectivity index (χ3n) is 5.35. The van der Waals surface area contributed by atoms with Crippen LogP contribution in [0.15, 0.2) is 48.0 Å². The van der Waals surface area contributed by atoms with Crippen LogP contribution in [-0.2, 0) is 19.1 Å². The molecular weight excluding hydrogens is 430 g/mol. The number of fused-ring (bicyclic) bond motifs is 1. The number of likely N-dealkylation sites (tertiary alicyclic amines) is 1. The molecule has 4 rings (SSSR count). The van der Waals surface area contributed by atoms with Crippen LogP contribution in [0.2, 0.25) is 0 Å². The Kier molecular flexibility index (Phi) is 6.32. The number of aliphatic hydroxyl groups is 1. The Labute approximate surface area is 190 Å². The van der Waals surface area contributed by atoms with Crippen molar-refractivity contribution in [1.29, 1.82) is 0 Å². The molecule has 0 spiro atoms. The maximum absolute atomic E-state index is 13.0. The molecule has 0 bridgehead atoms. The minimum atomic E-state index is -0.847. The third kappa shape index (κ3) is 4.40. The molecule has 1 amide bonds. The molecule has 2 heterocycles. The van der Waals surface area contributed by atoms with Crippen molar-refractivity contribution in [3.05, 3.63) is 59.2 Å². The summed E-state index contributed by atoms with van der Waals surface area (Å²) in [4.78, 5) is 38.4. The van der Waals surface area contributed by atoms with Crippen molar-refractivity contribution in [1.82, 2.24) is 4.90 Å². The molecular formula is C24H23NO8. The number of carbonyl (C=O) groups is 3. The second kappa shape index (κ2) is 9.33. The van der Waals surface area contributed by atoms with Crippen molar-refractivity contribution in [2.45, 2.75) is 13.0 Å².